The van der Waals surface area contributed by atoms with Crippen molar-refractivity contribution in [1.29, 1.82) is 0 Å². The summed E-state index contributed by atoms with van der Waals surface area (Å²) in [7, 11) is 0. The number of rotatable bonds is 0. The van der Waals surface area contributed by atoms with E-state index in [9.17, 15) is 0 Å². The maximum atomic E-state index is 0. The summed E-state index contributed by atoms with van der Waals surface area (Å²) in [5.74, 6) is 0. The van der Waals surface area contributed by atoms with Gasteiger partial charge in [0.15, 0.2) is 0 Å². The van der Waals surface area contributed by atoms with E-state index in [1.54, 1.807) is 0 Å². The van der Waals surface area contributed by atoms with Crippen LogP contribution in [0.5, 0.6) is 0 Å². The molecule has 0 aliphatic rings. The minimum absolute atomic E-state index is 0. The average Bonchev–Trinajstić information content (AvgIpc) is 0. The second kappa shape index (κ2) is 18.6. The van der Waals surface area contributed by atoms with Crippen LogP contribution in [0, 0.1) is 35.6 Å². The van der Waals surface area contributed by atoms with Crippen LogP contribution >= 0.6 is 0 Å². The van der Waals surface area contributed by atoms with Crippen molar-refractivity contribution in [2.24, 2.45) is 0 Å². The Hall–Kier alpha value is 2.27. The minimum atomic E-state index is 0. The van der Waals surface area contributed by atoms with Gasteiger partial charge in [-0.05, 0) is 0 Å². The van der Waals surface area contributed by atoms with Crippen molar-refractivity contribution in [1.82, 2.24) is 0 Å². The predicted molar refractivity (Wildman–Crippen MR) is 4.73 cm³/mol. The van der Waals surface area contributed by atoms with Crippen molar-refractivity contribution < 1.29 is 78.4 Å². The van der Waals surface area contributed by atoms with Gasteiger partial charge >= 0.3 is 18.9 Å². The van der Waals surface area contributed by atoms with Crippen LogP contribution in [0.15, 0.2) is 0 Å². The van der Waals surface area contributed by atoms with E-state index >= 15 is 0 Å². The molecule has 0 bridgehead atoms. The van der Waals surface area contributed by atoms with Crippen molar-refractivity contribution in [2.45, 2.75) is 0 Å². The van der Waals surface area contributed by atoms with Crippen LogP contribution in [0.3, 0.4) is 0 Å². The fourth-order valence-corrected chi connectivity index (χ4v) is 0. The second-order valence-electron chi connectivity index (χ2n) is 0. The van der Waals surface area contributed by atoms with Gasteiger partial charge in [-0.25, -0.2) is 0 Å². The molecule has 0 fully saturated rings. The summed E-state index contributed by atoms with van der Waals surface area (Å²) in [5, 5.41) is 0. The van der Waals surface area contributed by atoms with Crippen LogP contribution in [-0.2, 0) is 17.1 Å². The average molecular weight is 220 g/mol. The first-order valence-electron chi connectivity index (χ1n) is 0. The molecule has 0 aromatic rings. The molecule has 20 valence electrons. The Kier molecular flexibility index (Phi) is 157. The van der Waals surface area contributed by atoms with Crippen molar-refractivity contribution in [3.63, 3.8) is 0 Å². The van der Waals surface area contributed by atoms with Gasteiger partial charge in [0.25, 0.3) is 0 Å². The van der Waals surface area contributed by atoms with Crippen molar-refractivity contribution >= 4 is 0 Å². The Morgan fingerprint density at radius 1 is 1.25 bits per heavy atom. The normalized spacial score (nSPS) is 0. The zero-order chi connectivity index (χ0) is 0. The Bertz CT molecular complexity index is 11.6. The molecule has 0 aliphatic carbocycles. The quantitative estimate of drug-likeness (QED) is 0.376. The summed E-state index contributed by atoms with van der Waals surface area (Å²) < 4.78 is 0. The van der Waals surface area contributed by atoms with Crippen LogP contribution in [0.2, 0.25) is 0 Å². The van der Waals surface area contributed by atoms with Crippen LogP contribution in [-0.4, -0.2) is 5.48 Å². The van der Waals surface area contributed by atoms with E-state index < -0.39 is 0 Å². The van der Waals surface area contributed by atoms with Crippen molar-refractivity contribution in [3.05, 3.63) is 0 Å². The molecule has 0 heterocycles. The molecule has 0 aromatic carbocycles. The molecule has 0 rings (SSSR count). The number of hydrogen-bond acceptors (Lipinski definition) is 0. The summed E-state index contributed by atoms with van der Waals surface area (Å²) in [4.78, 5) is 0. The fraction of sp³-hybridized carbons (Fsp3) is 0. The molecule has 0 aliphatic heterocycles. The van der Waals surface area contributed by atoms with E-state index in [0.717, 1.165) is 0 Å². The second-order valence-corrected chi connectivity index (χ2v) is 0. The van der Waals surface area contributed by atoms with Gasteiger partial charge in [-0.3, -0.25) is 0 Å². The summed E-state index contributed by atoms with van der Waals surface area (Å²) in [6.45, 7) is 0. The maximum Gasteiger partial charge on any atom is 1.00 e. The molecule has 2 N–H and O–H groups in total. The zero-order valence-corrected chi connectivity index (χ0v) is 7.26. The standard InChI is InChI=1S/La.Li.Mn.H2O.H/h;;;1H2;/q;+1;;;-1. The summed E-state index contributed by atoms with van der Waals surface area (Å²) >= 11 is 0. The molecule has 4 heavy (non-hydrogen) atoms. The Labute approximate surface area is 77.3 Å². The van der Waals surface area contributed by atoms with E-state index in [2.05, 4.69) is 0 Å². The molecular formula is H3LaLiMnO. The van der Waals surface area contributed by atoms with Crippen LogP contribution in [0.25, 0.3) is 0 Å². The smallest absolute Gasteiger partial charge is 1.00 e. The molecule has 0 unspecified atom stereocenters. The summed E-state index contributed by atoms with van der Waals surface area (Å²) in [6.07, 6.45) is 0. The van der Waals surface area contributed by atoms with Crippen LogP contribution in [0.4, 0.5) is 0 Å². The topological polar surface area (TPSA) is 31.5 Å². The van der Waals surface area contributed by atoms with Gasteiger partial charge in [-0.1, -0.05) is 0 Å². The SMILES string of the molecule is O.[H-].[La].[Li+].[Mn]. The van der Waals surface area contributed by atoms with Gasteiger partial charge in [-0.15, -0.1) is 0 Å². The zero-order valence-electron chi connectivity index (χ0n) is 3.46. The van der Waals surface area contributed by atoms with Gasteiger partial charge in [0.05, 0.1) is 0 Å². The summed E-state index contributed by atoms with van der Waals surface area (Å²) in [5.41, 5.74) is 0. The third-order valence-electron chi connectivity index (χ3n) is 0. The first kappa shape index (κ1) is 33.8. The van der Waals surface area contributed by atoms with Crippen molar-refractivity contribution in [3.8, 4) is 0 Å². The molecule has 0 amide bonds. The molecule has 0 saturated carbocycles. The summed E-state index contributed by atoms with van der Waals surface area (Å²) in [6, 6.07) is 0. The van der Waals surface area contributed by atoms with E-state index in [1.807, 2.05) is 0 Å². The molecular weight excluding hydrogens is 217 g/mol. The van der Waals surface area contributed by atoms with E-state index in [1.165, 1.54) is 0 Å². The third kappa shape index (κ3) is 8.86. The van der Waals surface area contributed by atoms with Crippen LogP contribution < -0.4 is 18.9 Å². The van der Waals surface area contributed by atoms with Crippen LogP contribution in [0.1, 0.15) is 1.43 Å². The first-order valence-corrected chi connectivity index (χ1v) is 0. The molecule has 4 heteroatoms. The Morgan fingerprint density at radius 2 is 1.25 bits per heavy atom. The Morgan fingerprint density at radius 3 is 1.25 bits per heavy atom. The molecule has 2 radical (unpaired) electrons. The fourth-order valence-electron chi connectivity index (χ4n) is 0. The van der Waals surface area contributed by atoms with Crippen molar-refractivity contribution in [2.75, 3.05) is 0 Å². The first-order chi connectivity index (χ1) is 0. The minimum Gasteiger partial charge on any atom is -1.00 e. The van der Waals surface area contributed by atoms with Gasteiger partial charge in [0.2, 0.25) is 0 Å². The monoisotopic (exact) mass is 220 g/mol. The number of hydrogen-bond donors (Lipinski definition) is 0. The maximum absolute atomic E-state index is 0. The predicted octanol–water partition coefficient (Wildman–Crippen LogP) is -3.71. The van der Waals surface area contributed by atoms with Gasteiger partial charge in [-0.2, -0.15) is 0 Å². The van der Waals surface area contributed by atoms with Gasteiger partial charge in [0.1, 0.15) is 0 Å². The van der Waals surface area contributed by atoms with E-state index in [0.29, 0.717) is 0 Å². The molecule has 0 atom stereocenters. The molecule has 1 nitrogen and oxygen atoms in total. The molecule has 0 saturated heterocycles. The largest absolute Gasteiger partial charge is 1.00 e. The van der Waals surface area contributed by atoms with Gasteiger partial charge < -0.3 is 6.90 Å². The van der Waals surface area contributed by atoms with E-state index in [4.69, 9.17) is 0 Å². The molecule has 0 spiro atoms. The molecule has 0 aromatic heterocycles. The Balaban J connectivity index is 0. The van der Waals surface area contributed by atoms with Gasteiger partial charge in [0, 0.05) is 52.7 Å². The third-order valence-corrected chi connectivity index (χ3v) is 0. The van der Waals surface area contributed by atoms with E-state index in [-0.39, 0.29) is 78.4 Å².